The zero-order valence-corrected chi connectivity index (χ0v) is 13.3. The van der Waals surface area contributed by atoms with Gasteiger partial charge in [-0.3, -0.25) is 20.7 Å². The van der Waals surface area contributed by atoms with Crippen LogP contribution in [0.15, 0.2) is 41.3 Å². The molecular weight excluding hydrogens is 320 g/mol. The van der Waals surface area contributed by atoms with E-state index >= 15 is 0 Å². The molecule has 0 bridgehead atoms. The van der Waals surface area contributed by atoms with E-state index in [9.17, 15) is 18.5 Å². The molecule has 122 valence electrons. The average molecular weight is 336 g/mol. The second-order valence-electron chi connectivity index (χ2n) is 5.01. The number of nitrogens with one attached hydrogen (secondary N) is 2. The summed E-state index contributed by atoms with van der Waals surface area (Å²) in [5, 5.41) is 10.9. The summed E-state index contributed by atoms with van der Waals surface area (Å²) in [5.74, 6) is 5.30. The van der Waals surface area contributed by atoms with Crippen molar-refractivity contribution in [3.8, 4) is 0 Å². The van der Waals surface area contributed by atoms with Crippen molar-refractivity contribution in [2.75, 3.05) is 10.1 Å². The molecule has 0 saturated carbocycles. The molecule has 0 aromatic heterocycles. The quantitative estimate of drug-likeness (QED) is 0.437. The maximum Gasteiger partial charge on any atom is 0.270 e. The number of nitrogens with zero attached hydrogens (tertiary/aromatic N) is 1. The van der Waals surface area contributed by atoms with Gasteiger partial charge < -0.3 is 5.43 Å². The number of benzene rings is 2. The molecule has 0 fully saturated rings. The predicted octanol–water partition coefficient (Wildman–Crippen LogP) is 2.30. The van der Waals surface area contributed by atoms with Crippen molar-refractivity contribution in [2.24, 2.45) is 5.84 Å². The number of nitrogen functional groups attached to an aromatic ring is 1. The largest absolute Gasteiger partial charge is 0.323 e. The van der Waals surface area contributed by atoms with Crippen LogP contribution in [-0.2, 0) is 10.0 Å². The Morgan fingerprint density at radius 1 is 1.09 bits per heavy atom. The molecule has 0 unspecified atom stereocenters. The first-order valence-electron chi connectivity index (χ1n) is 6.60. The summed E-state index contributed by atoms with van der Waals surface area (Å²) < 4.78 is 27.6. The summed E-state index contributed by atoms with van der Waals surface area (Å²) in [7, 11) is -4.04. The van der Waals surface area contributed by atoms with Crippen LogP contribution in [0.4, 0.5) is 17.1 Å². The van der Waals surface area contributed by atoms with E-state index in [1.165, 1.54) is 12.1 Å². The molecule has 0 aliphatic heterocycles. The summed E-state index contributed by atoms with van der Waals surface area (Å²) in [5.41, 5.74) is 4.08. The van der Waals surface area contributed by atoms with E-state index in [2.05, 4.69) is 10.1 Å². The number of sulfonamides is 1. The Bertz CT molecular complexity index is 865. The van der Waals surface area contributed by atoms with Crippen molar-refractivity contribution in [2.45, 2.75) is 18.7 Å². The molecule has 23 heavy (non-hydrogen) atoms. The first-order valence-corrected chi connectivity index (χ1v) is 8.08. The van der Waals surface area contributed by atoms with Crippen LogP contribution in [0.3, 0.4) is 0 Å². The summed E-state index contributed by atoms with van der Waals surface area (Å²) in [4.78, 5) is 9.90. The standard InChI is InChI=1S/C14H16N4O4S/c1-9-3-5-12(10(2)7-9)17-23(21,22)14-8-11(18(19)20)4-6-13(14)16-15/h3-8,16-17H,15H2,1-2H3. The summed E-state index contributed by atoms with van der Waals surface area (Å²) in [6, 6.07) is 8.60. The van der Waals surface area contributed by atoms with Gasteiger partial charge in [-0.15, -0.1) is 0 Å². The zero-order valence-electron chi connectivity index (χ0n) is 12.5. The number of non-ortho nitro benzene ring substituents is 1. The molecule has 2 rings (SSSR count). The highest BCUT2D eigenvalue weighted by atomic mass is 32.2. The monoisotopic (exact) mass is 336 g/mol. The number of hydrogen-bond donors (Lipinski definition) is 3. The van der Waals surface area contributed by atoms with Crippen LogP contribution in [0.1, 0.15) is 11.1 Å². The van der Waals surface area contributed by atoms with E-state index in [1.807, 2.05) is 13.0 Å². The van der Waals surface area contributed by atoms with E-state index < -0.39 is 14.9 Å². The van der Waals surface area contributed by atoms with E-state index in [-0.39, 0.29) is 16.3 Å². The van der Waals surface area contributed by atoms with Gasteiger partial charge in [0, 0.05) is 12.1 Å². The molecule has 0 heterocycles. The van der Waals surface area contributed by atoms with Gasteiger partial charge in [0.25, 0.3) is 15.7 Å². The molecule has 8 nitrogen and oxygen atoms in total. The van der Waals surface area contributed by atoms with Gasteiger partial charge in [0.2, 0.25) is 0 Å². The van der Waals surface area contributed by atoms with Gasteiger partial charge in [0.15, 0.2) is 0 Å². The van der Waals surface area contributed by atoms with Crippen molar-refractivity contribution in [3.63, 3.8) is 0 Å². The fourth-order valence-corrected chi connectivity index (χ4v) is 3.41. The van der Waals surface area contributed by atoms with Crippen LogP contribution < -0.4 is 16.0 Å². The molecule has 2 aromatic rings. The SMILES string of the molecule is Cc1ccc(NS(=O)(=O)c2cc([N+](=O)[O-])ccc2NN)c(C)c1. The molecule has 0 radical (unpaired) electrons. The third-order valence-corrected chi connectivity index (χ3v) is 4.65. The van der Waals surface area contributed by atoms with E-state index in [1.54, 1.807) is 19.1 Å². The number of nitro groups is 1. The van der Waals surface area contributed by atoms with Crippen LogP contribution in [0, 0.1) is 24.0 Å². The number of rotatable bonds is 5. The zero-order chi connectivity index (χ0) is 17.2. The topological polar surface area (TPSA) is 127 Å². The molecule has 0 aliphatic rings. The molecule has 9 heteroatoms. The highest BCUT2D eigenvalue weighted by Gasteiger charge is 2.22. The van der Waals surface area contributed by atoms with Gasteiger partial charge >= 0.3 is 0 Å². The molecule has 0 saturated heterocycles. The summed E-state index contributed by atoms with van der Waals surface area (Å²) >= 11 is 0. The van der Waals surface area contributed by atoms with Crippen LogP contribution in [0.5, 0.6) is 0 Å². The first kappa shape index (κ1) is 16.7. The molecule has 0 atom stereocenters. The molecule has 0 spiro atoms. The van der Waals surface area contributed by atoms with Gasteiger partial charge in [-0.1, -0.05) is 17.7 Å². The van der Waals surface area contributed by atoms with Gasteiger partial charge in [0.1, 0.15) is 4.90 Å². The number of hydrazine groups is 1. The van der Waals surface area contributed by atoms with Crippen LogP contribution >= 0.6 is 0 Å². The van der Waals surface area contributed by atoms with Crippen LogP contribution in [0.25, 0.3) is 0 Å². The molecule has 0 aliphatic carbocycles. The lowest BCUT2D eigenvalue weighted by atomic mass is 10.1. The maximum absolute atomic E-state index is 12.6. The molecule has 0 amide bonds. The van der Waals surface area contributed by atoms with Gasteiger partial charge in [-0.05, 0) is 31.5 Å². The lowest BCUT2D eigenvalue weighted by Gasteiger charge is -2.13. The lowest BCUT2D eigenvalue weighted by Crippen LogP contribution is -2.18. The Kier molecular flexibility index (Phi) is 4.52. The third kappa shape index (κ3) is 3.58. The normalized spacial score (nSPS) is 11.1. The fourth-order valence-electron chi connectivity index (χ4n) is 2.09. The van der Waals surface area contributed by atoms with Crippen molar-refractivity contribution >= 4 is 27.1 Å². The molecule has 2 aromatic carbocycles. The fraction of sp³-hybridized carbons (Fsp3) is 0.143. The number of aryl methyl sites for hydroxylation is 2. The molecule has 4 N–H and O–H groups in total. The molecular formula is C14H16N4O4S. The number of hydrogen-bond acceptors (Lipinski definition) is 6. The highest BCUT2D eigenvalue weighted by molar-refractivity contribution is 7.92. The smallest absolute Gasteiger partial charge is 0.270 e. The van der Waals surface area contributed by atoms with Gasteiger partial charge in [0.05, 0.1) is 16.3 Å². The minimum Gasteiger partial charge on any atom is -0.323 e. The van der Waals surface area contributed by atoms with Crippen LogP contribution in [-0.4, -0.2) is 13.3 Å². The Hall–Kier alpha value is -2.65. The average Bonchev–Trinajstić information content (AvgIpc) is 2.49. The van der Waals surface area contributed by atoms with Crippen molar-refractivity contribution in [1.29, 1.82) is 0 Å². The minimum atomic E-state index is -4.04. The van der Waals surface area contributed by atoms with E-state index in [0.717, 1.165) is 17.2 Å². The van der Waals surface area contributed by atoms with E-state index in [0.29, 0.717) is 5.69 Å². The lowest BCUT2D eigenvalue weighted by molar-refractivity contribution is -0.385. The number of nitrogens with two attached hydrogens (primary N) is 1. The van der Waals surface area contributed by atoms with Gasteiger partial charge in [-0.25, -0.2) is 8.42 Å². The third-order valence-electron chi connectivity index (χ3n) is 3.25. The van der Waals surface area contributed by atoms with E-state index in [4.69, 9.17) is 5.84 Å². The second kappa shape index (κ2) is 6.23. The highest BCUT2D eigenvalue weighted by Crippen LogP contribution is 2.28. The Labute approximate surface area is 133 Å². The van der Waals surface area contributed by atoms with Gasteiger partial charge in [-0.2, -0.15) is 0 Å². The first-order chi connectivity index (χ1) is 10.7. The van der Waals surface area contributed by atoms with Crippen molar-refractivity contribution < 1.29 is 13.3 Å². The Balaban J connectivity index is 2.50. The van der Waals surface area contributed by atoms with Crippen molar-refractivity contribution in [1.82, 2.24) is 0 Å². The predicted molar refractivity (Wildman–Crippen MR) is 87.6 cm³/mol. The summed E-state index contributed by atoms with van der Waals surface area (Å²) in [6.07, 6.45) is 0. The summed E-state index contributed by atoms with van der Waals surface area (Å²) in [6.45, 7) is 3.66. The van der Waals surface area contributed by atoms with Crippen molar-refractivity contribution in [3.05, 3.63) is 57.6 Å². The maximum atomic E-state index is 12.6. The number of anilines is 2. The Morgan fingerprint density at radius 2 is 1.74 bits per heavy atom. The second-order valence-corrected chi connectivity index (χ2v) is 6.66. The minimum absolute atomic E-state index is 0.0628. The van der Waals surface area contributed by atoms with Crippen LogP contribution in [0.2, 0.25) is 0 Å². The Morgan fingerprint density at radius 3 is 2.30 bits per heavy atom. The number of nitro benzene ring substituents is 1.